The molecule has 1 aliphatic heterocycles. The number of nitrogen functional groups attached to an aromatic ring is 1. The Balaban J connectivity index is 2.21. The number of hydrogen-bond acceptors (Lipinski definition) is 5. The molecule has 1 fully saturated rings. The molecule has 0 aromatic heterocycles. The SMILES string of the molecule is CNS(=O)(=O)c1ccc(N)c(NC2CCCN(C)C2)c1. The number of nitrogens with two attached hydrogens (primary N) is 1. The van der Waals surface area contributed by atoms with Crippen LogP contribution in [0.3, 0.4) is 0 Å². The monoisotopic (exact) mass is 298 g/mol. The first-order valence-corrected chi connectivity index (χ1v) is 8.19. The lowest BCUT2D eigenvalue weighted by Crippen LogP contribution is -2.39. The van der Waals surface area contributed by atoms with Gasteiger partial charge >= 0.3 is 0 Å². The predicted octanol–water partition coefficient (Wildman–Crippen LogP) is 0.683. The van der Waals surface area contributed by atoms with Crippen LogP contribution >= 0.6 is 0 Å². The molecule has 0 saturated carbocycles. The number of nitrogens with one attached hydrogen (secondary N) is 2. The van der Waals surface area contributed by atoms with Crippen LogP contribution in [0.2, 0.25) is 0 Å². The van der Waals surface area contributed by atoms with Crippen molar-refractivity contribution < 1.29 is 8.42 Å². The second kappa shape index (κ2) is 5.99. The zero-order valence-corrected chi connectivity index (χ0v) is 12.7. The van der Waals surface area contributed by atoms with Crippen molar-refractivity contribution in [3.63, 3.8) is 0 Å². The number of benzene rings is 1. The van der Waals surface area contributed by atoms with E-state index in [2.05, 4.69) is 22.0 Å². The van der Waals surface area contributed by atoms with Gasteiger partial charge in [-0.2, -0.15) is 0 Å². The normalized spacial score (nSPS) is 20.8. The summed E-state index contributed by atoms with van der Waals surface area (Å²) in [5.41, 5.74) is 7.18. The van der Waals surface area contributed by atoms with Crippen LogP contribution in [-0.2, 0) is 10.0 Å². The highest BCUT2D eigenvalue weighted by molar-refractivity contribution is 7.89. The van der Waals surface area contributed by atoms with Gasteiger partial charge < -0.3 is 16.0 Å². The van der Waals surface area contributed by atoms with E-state index in [1.807, 2.05) is 0 Å². The van der Waals surface area contributed by atoms with Crippen LogP contribution in [0.1, 0.15) is 12.8 Å². The smallest absolute Gasteiger partial charge is 0.240 e. The Morgan fingerprint density at radius 3 is 2.80 bits per heavy atom. The molecule has 1 aliphatic rings. The topological polar surface area (TPSA) is 87.5 Å². The molecule has 0 bridgehead atoms. The van der Waals surface area contributed by atoms with E-state index in [-0.39, 0.29) is 4.90 Å². The molecule has 2 rings (SSSR count). The molecule has 1 unspecified atom stereocenters. The molecule has 1 aromatic rings. The Labute approximate surface area is 120 Å². The maximum atomic E-state index is 11.8. The fourth-order valence-electron chi connectivity index (χ4n) is 2.45. The van der Waals surface area contributed by atoms with Crippen LogP contribution in [0.25, 0.3) is 0 Å². The molecular weight excluding hydrogens is 276 g/mol. The lowest BCUT2D eigenvalue weighted by molar-refractivity contribution is 0.261. The zero-order valence-electron chi connectivity index (χ0n) is 11.9. The van der Waals surface area contributed by atoms with E-state index in [1.165, 1.54) is 13.1 Å². The molecule has 1 heterocycles. The molecule has 4 N–H and O–H groups in total. The maximum absolute atomic E-state index is 11.8. The Morgan fingerprint density at radius 1 is 1.40 bits per heavy atom. The van der Waals surface area contributed by atoms with Crippen molar-refractivity contribution in [3.05, 3.63) is 18.2 Å². The Kier molecular flexibility index (Phi) is 4.52. The third kappa shape index (κ3) is 3.41. The third-order valence-corrected chi connectivity index (χ3v) is 5.00. The number of likely N-dealkylation sites (tertiary alicyclic amines) is 1. The average molecular weight is 298 g/mol. The summed E-state index contributed by atoms with van der Waals surface area (Å²) in [6.07, 6.45) is 2.19. The van der Waals surface area contributed by atoms with E-state index in [0.29, 0.717) is 17.4 Å². The number of sulfonamides is 1. The zero-order chi connectivity index (χ0) is 14.8. The van der Waals surface area contributed by atoms with Gasteiger partial charge in [-0.05, 0) is 51.7 Å². The minimum Gasteiger partial charge on any atom is -0.397 e. The van der Waals surface area contributed by atoms with Crippen LogP contribution in [0.5, 0.6) is 0 Å². The van der Waals surface area contributed by atoms with Crippen molar-refractivity contribution in [1.82, 2.24) is 9.62 Å². The summed E-state index contributed by atoms with van der Waals surface area (Å²) in [7, 11) is 0.0351. The Bertz CT molecular complexity index is 574. The van der Waals surface area contributed by atoms with E-state index in [9.17, 15) is 8.42 Å². The molecule has 112 valence electrons. The highest BCUT2D eigenvalue weighted by Crippen LogP contribution is 2.25. The standard InChI is InChI=1S/C13H22N4O2S/c1-15-20(18,19)11-5-6-12(14)13(8-11)16-10-4-3-7-17(2)9-10/h5-6,8,10,15-16H,3-4,7,9,14H2,1-2H3. The van der Waals surface area contributed by atoms with Crippen LogP contribution < -0.4 is 15.8 Å². The van der Waals surface area contributed by atoms with Gasteiger partial charge in [0.15, 0.2) is 0 Å². The first-order valence-electron chi connectivity index (χ1n) is 6.70. The molecule has 1 atom stereocenters. The minimum atomic E-state index is -3.45. The van der Waals surface area contributed by atoms with Gasteiger partial charge in [-0.3, -0.25) is 0 Å². The van der Waals surface area contributed by atoms with Crippen molar-refractivity contribution in [1.29, 1.82) is 0 Å². The van der Waals surface area contributed by atoms with Crippen molar-refractivity contribution in [2.75, 3.05) is 38.2 Å². The van der Waals surface area contributed by atoms with Crippen molar-refractivity contribution >= 4 is 21.4 Å². The Morgan fingerprint density at radius 2 is 2.15 bits per heavy atom. The summed E-state index contributed by atoms with van der Waals surface area (Å²) < 4.78 is 26.0. The van der Waals surface area contributed by atoms with Crippen LogP contribution in [0.15, 0.2) is 23.1 Å². The summed E-state index contributed by atoms with van der Waals surface area (Å²) in [6.45, 7) is 2.03. The fourth-order valence-corrected chi connectivity index (χ4v) is 3.21. The van der Waals surface area contributed by atoms with Gasteiger partial charge in [0.1, 0.15) is 0 Å². The molecule has 1 aromatic carbocycles. The van der Waals surface area contributed by atoms with Gasteiger partial charge in [-0.25, -0.2) is 13.1 Å². The highest BCUT2D eigenvalue weighted by atomic mass is 32.2. The van der Waals surface area contributed by atoms with Crippen molar-refractivity contribution in [2.45, 2.75) is 23.8 Å². The minimum absolute atomic E-state index is 0.223. The molecule has 20 heavy (non-hydrogen) atoms. The molecule has 1 saturated heterocycles. The number of rotatable bonds is 4. The van der Waals surface area contributed by atoms with Gasteiger partial charge in [0, 0.05) is 12.6 Å². The van der Waals surface area contributed by atoms with Gasteiger partial charge in [0.2, 0.25) is 10.0 Å². The Hall–Kier alpha value is -1.31. The van der Waals surface area contributed by atoms with Crippen molar-refractivity contribution in [2.24, 2.45) is 0 Å². The highest BCUT2D eigenvalue weighted by Gasteiger charge is 2.19. The average Bonchev–Trinajstić information content (AvgIpc) is 2.41. The molecule has 0 aliphatic carbocycles. The first-order chi connectivity index (χ1) is 9.42. The van der Waals surface area contributed by atoms with Gasteiger partial charge in [-0.15, -0.1) is 0 Å². The maximum Gasteiger partial charge on any atom is 0.240 e. The van der Waals surface area contributed by atoms with Crippen LogP contribution in [0.4, 0.5) is 11.4 Å². The van der Waals surface area contributed by atoms with E-state index in [1.54, 1.807) is 12.1 Å². The van der Waals surface area contributed by atoms with E-state index in [4.69, 9.17) is 5.73 Å². The van der Waals surface area contributed by atoms with Gasteiger partial charge in [-0.1, -0.05) is 0 Å². The van der Waals surface area contributed by atoms with E-state index in [0.717, 1.165) is 25.9 Å². The lowest BCUT2D eigenvalue weighted by Gasteiger charge is -2.31. The first kappa shape index (κ1) is 15.1. The van der Waals surface area contributed by atoms with E-state index < -0.39 is 10.0 Å². The molecule has 6 nitrogen and oxygen atoms in total. The quantitative estimate of drug-likeness (QED) is 0.712. The summed E-state index contributed by atoms with van der Waals surface area (Å²) in [5, 5.41) is 3.36. The lowest BCUT2D eigenvalue weighted by atomic mass is 10.1. The summed E-state index contributed by atoms with van der Waals surface area (Å²) in [4.78, 5) is 2.48. The van der Waals surface area contributed by atoms with Crippen LogP contribution in [0, 0.1) is 0 Å². The molecule has 0 amide bonds. The molecule has 7 heteroatoms. The largest absolute Gasteiger partial charge is 0.397 e. The third-order valence-electron chi connectivity index (χ3n) is 3.59. The number of piperidine rings is 1. The number of hydrogen-bond donors (Lipinski definition) is 3. The number of likely N-dealkylation sites (N-methyl/N-ethyl adjacent to an activating group) is 1. The second-order valence-corrected chi connectivity index (χ2v) is 7.09. The number of nitrogens with zero attached hydrogens (tertiary/aromatic N) is 1. The molecular formula is C13H22N4O2S. The summed E-state index contributed by atoms with van der Waals surface area (Å²) in [5.74, 6) is 0. The predicted molar refractivity (Wildman–Crippen MR) is 81.2 cm³/mol. The molecule has 0 spiro atoms. The molecule has 0 radical (unpaired) electrons. The summed E-state index contributed by atoms with van der Waals surface area (Å²) in [6, 6.07) is 5.03. The van der Waals surface area contributed by atoms with Crippen LogP contribution in [-0.4, -0.2) is 46.5 Å². The summed E-state index contributed by atoms with van der Waals surface area (Å²) >= 11 is 0. The van der Waals surface area contributed by atoms with Crippen molar-refractivity contribution in [3.8, 4) is 0 Å². The fraction of sp³-hybridized carbons (Fsp3) is 0.538. The van der Waals surface area contributed by atoms with Gasteiger partial charge in [0.25, 0.3) is 0 Å². The van der Waals surface area contributed by atoms with E-state index >= 15 is 0 Å². The second-order valence-electron chi connectivity index (χ2n) is 5.20. The number of anilines is 2. The van der Waals surface area contributed by atoms with Gasteiger partial charge in [0.05, 0.1) is 16.3 Å².